The molecule has 0 saturated carbocycles. The van der Waals surface area contributed by atoms with Crippen LogP contribution < -0.4 is 14.7 Å². The van der Waals surface area contributed by atoms with Crippen molar-refractivity contribution in [2.75, 3.05) is 53.2 Å². The lowest BCUT2D eigenvalue weighted by atomic mass is 10.2. The molecule has 0 unspecified atom stereocenters. The average molecular weight is 450 g/mol. The van der Waals surface area contributed by atoms with Crippen LogP contribution in [0.2, 0.25) is 0 Å². The van der Waals surface area contributed by atoms with Crippen LogP contribution in [0.15, 0.2) is 66.0 Å². The van der Waals surface area contributed by atoms with E-state index in [0.717, 1.165) is 61.4 Å². The molecule has 5 rings (SSSR count). The molecule has 1 fully saturated rings. The van der Waals surface area contributed by atoms with Gasteiger partial charge in [-0.15, -0.1) is 0 Å². The Kier molecular flexibility index (Phi) is 5.94. The number of piperazine rings is 1. The van der Waals surface area contributed by atoms with Gasteiger partial charge in [0, 0.05) is 50.2 Å². The summed E-state index contributed by atoms with van der Waals surface area (Å²) >= 11 is 1.45. The number of nitrogens with zero attached hydrogens (tertiary/aromatic N) is 5. The lowest BCUT2D eigenvalue weighted by Gasteiger charge is -2.36. The zero-order valence-electron chi connectivity index (χ0n) is 17.7. The fraction of sp³-hybridized carbons (Fsp3) is 0.292. The number of carbonyl (C=O) groups excluding carboxylic acids is 1. The van der Waals surface area contributed by atoms with Crippen LogP contribution in [0.5, 0.6) is 0 Å². The van der Waals surface area contributed by atoms with E-state index in [1.807, 2.05) is 41.3 Å². The van der Waals surface area contributed by atoms with Crippen LogP contribution in [-0.4, -0.2) is 54.4 Å². The van der Waals surface area contributed by atoms with Crippen molar-refractivity contribution >= 4 is 34.9 Å². The van der Waals surface area contributed by atoms with Crippen LogP contribution in [0.25, 0.3) is 0 Å². The first-order valence-corrected chi connectivity index (χ1v) is 11.7. The third kappa shape index (κ3) is 4.41. The Morgan fingerprint density at radius 3 is 2.50 bits per heavy atom. The zero-order chi connectivity index (χ0) is 21.9. The van der Waals surface area contributed by atoms with Crippen molar-refractivity contribution in [2.24, 2.45) is 0 Å². The number of thioether (sulfide) groups is 1. The molecule has 6 nitrogen and oxygen atoms in total. The van der Waals surface area contributed by atoms with Crippen LogP contribution in [0.4, 0.5) is 21.6 Å². The summed E-state index contributed by atoms with van der Waals surface area (Å²) in [6, 6.07) is 16.7. The molecule has 2 aliphatic heterocycles. The third-order valence-electron chi connectivity index (χ3n) is 5.95. The maximum absolute atomic E-state index is 13.2. The van der Waals surface area contributed by atoms with E-state index in [1.54, 1.807) is 6.33 Å². The number of para-hydroxylation sites is 1. The molecule has 2 aliphatic rings. The van der Waals surface area contributed by atoms with Gasteiger partial charge in [0.05, 0.1) is 5.75 Å². The number of anilines is 3. The fourth-order valence-corrected chi connectivity index (χ4v) is 4.98. The van der Waals surface area contributed by atoms with E-state index in [1.165, 1.54) is 29.5 Å². The second-order valence-corrected chi connectivity index (χ2v) is 8.87. The van der Waals surface area contributed by atoms with E-state index < -0.39 is 0 Å². The largest absolute Gasteiger partial charge is 0.368 e. The molecule has 2 aromatic carbocycles. The Labute approximate surface area is 191 Å². The Morgan fingerprint density at radius 2 is 1.69 bits per heavy atom. The summed E-state index contributed by atoms with van der Waals surface area (Å²) in [5, 5.41) is 0.803. The van der Waals surface area contributed by atoms with Crippen molar-refractivity contribution in [3.8, 4) is 0 Å². The molecule has 1 aromatic heterocycles. The number of hydrogen-bond donors (Lipinski definition) is 0. The summed E-state index contributed by atoms with van der Waals surface area (Å²) in [6.45, 7) is 4.06. The van der Waals surface area contributed by atoms with Gasteiger partial charge in [-0.1, -0.05) is 30.0 Å². The minimum atomic E-state index is -0.217. The van der Waals surface area contributed by atoms with Gasteiger partial charge in [-0.2, -0.15) is 0 Å². The van der Waals surface area contributed by atoms with E-state index in [9.17, 15) is 9.18 Å². The standard InChI is InChI=1S/C24H24FN5OS/c25-19-5-7-20(8-6-19)28-11-13-29(14-12-28)22-15-23(27-17-26-22)32-16-24(31)30-10-9-18-3-1-2-4-21(18)30/h1-8,15,17H,9-14,16H2. The monoisotopic (exact) mass is 449 g/mol. The minimum Gasteiger partial charge on any atom is -0.368 e. The lowest BCUT2D eigenvalue weighted by molar-refractivity contribution is -0.116. The number of rotatable bonds is 5. The molecule has 164 valence electrons. The molecule has 0 atom stereocenters. The van der Waals surface area contributed by atoms with Gasteiger partial charge in [0.1, 0.15) is 23.0 Å². The first-order valence-electron chi connectivity index (χ1n) is 10.8. The number of hydrogen-bond acceptors (Lipinski definition) is 6. The van der Waals surface area contributed by atoms with Crippen molar-refractivity contribution in [1.82, 2.24) is 9.97 Å². The maximum Gasteiger partial charge on any atom is 0.237 e. The van der Waals surface area contributed by atoms with E-state index >= 15 is 0 Å². The van der Waals surface area contributed by atoms with Crippen molar-refractivity contribution in [2.45, 2.75) is 11.4 Å². The van der Waals surface area contributed by atoms with Gasteiger partial charge in [0.25, 0.3) is 0 Å². The topological polar surface area (TPSA) is 52.6 Å². The summed E-state index contributed by atoms with van der Waals surface area (Å²) in [7, 11) is 0. The Morgan fingerprint density at radius 1 is 0.938 bits per heavy atom. The van der Waals surface area contributed by atoms with Crippen molar-refractivity contribution in [3.05, 3.63) is 72.3 Å². The SMILES string of the molecule is O=C(CSc1cc(N2CCN(c3ccc(F)cc3)CC2)ncn1)N1CCc2ccccc21. The summed E-state index contributed by atoms with van der Waals surface area (Å²) in [5.41, 5.74) is 3.29. The van der Waals surface area contributed by atoms with Gasteiger partial charge in [-0.05, 0) is 42.3 Å². The van der Waals surface area contributed by atoms with Crippen LogP contribution in [0, 0.1) is 5.82 Å². The summed E-state index contributed by atoms with van der Waals surface area (Å²) in [5.74, 6) is 1.11. The van der Waals surface area contributed by atoms with Gasteiger partial charge in [0.2, 0.25) is 5.91 Å². The number of benzene rings is 2. The summed E-state index contributed by atoms with van der Waals surface area (Å²) < 4.78 is 13.2. The van der Waals surface area contributed by atoms with Gasteiger partial charge in [-0.25, -0.2) is 14.4 Å². The predicted molar refractivity (Wildman–Crippen MR) is 126 cm³/mol. The molecule has 0 spiro atoms. The summed E-state index contributed by atoms with van der Waals surface area (Å²) in [6.07, 6.45) is 2.48. The Hall–Kier alpha value is -3.13. The highest BCUT2D eigenvalue weighted by Gasteiger charge is 2.24. The number of halogens is 1. The van der Waals surface area contributed by atoms with E-state index in [4.69, 9.17) is 0 Å². The molecule has 3 aromatic rings. The van der Waals surface area contributed by atoms with Crippen LogP contribution in [-0.2, 0) is 11.2 Å². The second kappa shape index (κ2) is 9.16. The highest BCUT2D eigenvalue weighted by molar-refractivity contribution is 7.99. The number of fused-ring (bicyclic) bond motifs is 1. The lowest BCUT2D eigenvalue weighted by Crippen LogP contribution is -2.46. The maximum atomic E-state index is 13.2. The van der Waals surface area contributed by atoms with Gasteiger partial charge < -0.3 is 14.7 Å². The zero-order valence-corrected chi connectivity index (χ0v) is 18.5. The molecule has 1 amide bonds. The fourth-order valence-electron chi connectivity index (χ4n) is 4.24. The van der Waals surface area contributed by atoms with Gasteiger partial charge in [-0.3, -0.25) is 4.79 Å². The highest BCUT2D eigenvalue weighted by Crippen LogP contribution is 2.29. The summed E-state index contributed by atoms with van der Waals surface area (Å²) in [4.78, 5) is 27.9. The molecule has 0 aliphatic carbocycles. The van der Waals surface area contributed by atoms with E-state index in [-0.39, 0.29) is 11.7 Å². The van der Waals surface area contributed by atoms with Gasteiger partial charge >= 0.3 is 0 Å². The van der Waals surface area contributed by atoms with Gasteiger partial charge in [0.15, 0.2) is 0 Å². The smallest absolute Gasteiger partial charge is 0.237 e. The minimum absolute atomic E-state index is 0.105. The number of carbonyl (C=O) groups is 1. The molecule has 3 heterocycles. The number of amides is 1. The molecular weight excluding hydrogens is 425 g/mol. The number of aromatic nitrogens is 2. The van der Waals surface area contributed by atoms with Crippen molar-refractivity contribution in [1.29, 1.82) is 0 Å². The van der Waals surface area contributed by atoms with E-state index in [0.29, 0.717) is 5.75 Å². The highest BCUT2D eigenvalue weighted by atomic mass is 32.2. The van der Waals surface area contributed by atoms with Crippen LogP contribution in [0.1, 0.15) is 5.56 Å². The van der Waals surface area contributed by atoms with Crippen LogP contribution >= 0.6 is 11.8 Å². The van der Waals surface area contributed by atoms with E-state index in [2.05, 4.69) is 25.8 Å². The Balaban J connectivity index is 1.17. The predicted octanol–water partition coefficient (Wildman–Crippen LogP) is 3.62. The van der Waals surface area contributed by atoms with Crippen LogP contribution in [0.3, 0.4) is 0 Å². The first kappa shape index (κ1) is 20.8. The van der Waals surface area contributed by atoms with Crippen molar-refractivity contribution < 1.29 is 9.18 Å². The molecule has 0 bridgehead atoms. The molecule has 32 heavy (non-hydrogen) atoms. The van der Waals surface area contributed by atoms with Crippen molar-refractivity contribution in [3.63, 3.8) is 0 Å². The molecule has 0 radical (unpaired) electrons. The molecule has 0 N–H and O–H groups in total. The third-order valence-corrected chi connectivity index (χ3v) is 6.87. The second-order valence-electron chi connectivity index (χ2n) is 7.88. The Bertz CT molecular complexity index is 1100. The molecule has 8 heteroatoms. The first-order chi connectivity index (χ1) is 15.7. The average Bonchev–Trinajstić information content (AvgIpc) is 3.28. The molecule has 1 saturated heterocycles. The quantitative estimate of drug-likeness (QED) is 0.438. The normalized spacial score (nSPS) is 15.7. The molecular formula is C24H24FN5OS.